The highest BCUT2D eigenvalue weighted by Crippen LogP contribution is 2.34. The first-order valence-corrected chi connectivity index (χ1v) is 11.0. The van der Waals surface area contributed by atoms with Gasteiger partial charge in [-0.05, 0) is 25.5 Å². The summed E-state index contributed by atoms with van der Waals surface area (Å²) in [5, 5.41) is 13.6. The van der Waals surface area contributed by atoms with Gasteiger partial charge in [-0.25, -0.2) is 4.68 Å². The summed E-state index contributed by atoms with van der Waals surface area (Å²) < 4.78 is 23.2. The molecule has 0 saturated carbocycles. The molecule has 0 atom stereocenters. The molecule has 0 radical (unpaired) electrons. The van der Waals surface area contributed by atoms with Crippen molar-refractivity contribution in [2.75, 3.05) is 60.3 Å². The van der Waals surface area contributed by atoms with Gasteiger partial charge >= 0.3 is 0 Å². The fourth-order valence-corrected chi connectivity index (χ4v) is 3.43. The third kappa shape index (κ3) is 6.28. The van der Waals surface area contributed by atoms with Crippen molar-refractivity contribution in [3.63, 3.8) is 0 Å². The quantitative estimate of drug-likeness (QED) is 0.379. The lowest BCUT2D eigenvalue weighted by molar-refractivity contribution is 0.0434. The molecule has 1 aliphatic rings. The smallest absolute Gasteiger partial charge is 0.163 e. The summed E-state index contributed by atoms with van der Waals surface area (Å²) in [5.74, 6) is 1.25. The Morgan fingerprint density at radius 3 is 2.52 bits per heavy atom. The summed E-state index contributed by atoms with van der Waals surface area (Å²) in [6.45, 7) is 13.5. The average molecular weight is 456 g/mol. The lowest BCUT2D eigenvalue weighted by Gasteiger charge is -2.24. The monoisotopic (exact) mass is 455 g/mol. The minimum atomic E-state index is 0.437. The molecule has 1 fully saturated rings. The molecule has 0 N–H and O–H groups in total. The van der Waals surface area contributed by atoms with Crippen molar-refractivity contribution >= 4 is 10.9 Å². The Morgan fingerprint density at radius 2 is 1.88 bits per heavy atom. The second kappa shape index (κ2) is 12.3. The van der Waals surface area contributed by atoms with Crippen LogP contribution in [0.4, 0.5) is 0 Å². The summed E-state index contributed by atoms with van der Waals surface area (Å²) in [6.07, 6.45) is 5.47. The maximum atomic E-state index is 5.78. The van der Waals surface area contributed by atoms with Crippen LogP contribution in [0.15, 0.2) is 37.2 Å². The Morgan fingerprint density at radius 1 is 1.09 bits per heavy atom. The second-order valence-electron chi connectivity index (χ2n) is 7.62. The van der Waals surface area contributed by atoms with E-state index >= 15 is 0 Å². The van der Waals surface area contributed by atoms with Gasteiger partial charge in [0.2, 0.25) is 0 Å². The Balaban J connectivity index is 0.000000286. The van der Waals surface area contributed by atoms with Crippen LogP contribution in [0, 0.1) is 13.8 Å². The van der Waals surface area contributed by atoms with E-state index in [1.165, 1.54) is 0 Å². The maximum Gasteiger partial charge on any atom is 0.163 e. The van der Waals surface area contributed by atoms with Gasteiger partial charge in [0.15, 0.2) is 11.5 Å². The van der Waals surface area contributed by atoms with Crippen LogP contribution in [0.1, 0.15) is 11.3 Å². The molecule has 0 spiro atoms. The summed E-state index contributed by atoms with van der Waals surface area (Å²) in [4.78, 5) is 2.33. The second-order valence-corrected chi connectivity index (χ2v) is 7.62. The van der Waals surface area contributed by atoms with Gasteiger partial charge in [-0.3, -0.25) is 4.90 Å². The van der Waals surface area contributed by atoms with E-state index in [-0.39, 0.29) is 0 Å². The van der Waals surface area contributed by atoms with E-state index in [1.807, 2.05) is 42.9 Å². The van der Waals surface area contributed by atoms with Crippen molar-refractivity contribution in [2.24, 2.45) is 0 Å². The van der Waals surface area contributed by atoms with E-state index in [9.17, 15) is 0 Å². The number of fused-ring (bicyclic) bond motifs is 1. The first-order chi connectivity index (χ1) is 16.1. The van der Waals surface area contributed by atoms with Crippen molar-refractivity contribution in [2.45, 2.75) is 13.8 Å². The first-order valence-electron chi connectivity index (χ1n) is 11.0. The van der Waals surface area contributed by atoms with Crippen LogP contribution in [-0.4, -0.2) is 85.2 Å². The van der Waals surface area contributed by atoms with Gasteiger partial charge in [-0.1, -0.05) is 6.08 Å². The zero-order valence-electron chi connectivity index (χ0n) is 19.9. The Hall–Kier alpha value is -3.01. The van der Waals surface area contributed by atoms with Gasteiger partial charge in [0.25, 0.3) is 0 Å². The topological polar surface area (TPSA) is 83.8 Å². The van der Waals surface area contributed by atoms with Crippen LogP contribution in [0.2, 0.25) is 0 Å². The summed E-state index contributed by atoms with van der Waals surface area (Å²) in [5.41, 5.74) is 3.74. The highest BCUT2D eigenvalue weighted by molar-refractivity contribution is 5.89. The lowest BCUT2D eigenvalue weighted by atomic mass is 10.1. The fraction of sp³-hybridized carbons (Fsp3) is 0.458. The molecule has 9 nitrogen and oxygen atoms in total. The van der Waals surface area contributed by atoms with Gasteiger partial charge in [-0.2, -0.15) is 15.3 Å². The van der Waals surface area contributed by atoms with Crippen LogP contribution < -0.4 is 9.47 Å². The molecule has 0 bridgehead atoms. The normalized spacial score (nSPS) is 13.9. The third-order valence-electron chi connectivity index (χ3n) is 5.42. The summed E-state index contributed by atoms with van der Waals surface area (Å²) >= 11 is 0. The molecule has 1 aromatic carbocycles. The van der Waals surface area contributed by atoms with Gasteiger partial charge in [0, 0.05) is 43.9 Å². The van der Waals surface area contributed by atoms with Gasteiger partial charge in [-0.15, -0.1) is 6.58 Å². The van der Waals surface area contributed by atoms with Crippen molar-refractivity contribution in [1.82, 2.24) is 24.9 Å². The molecule has 3 aromatic rings. The van der Waals surface area contributed by atoms with Crippen LogP contribution >= 0.6 is 0 Å². The Labute approximate surface area is 194 Å². The minimum Gasteiger partial charge on any atom is -0.493 e. The molecule has 9 heteroatoms. The SMILES string of the molecule is C=CCN1CCOCC1.COCCOc1cc2c(-n3ncc(C)c3C)cnnc2cc1OC. The average Bonchev–Trinajstić information content (AvgIpc) is 3.17. The Kier molecular flexibility index (Phi) is 9.17. The molecule has 1 saturated heterocycles. The van der Waals surface area contributed by atoms with E-state index in [0.29, 0.717) is 24.7 Å². The number of hydrogen-bond acceptors (Lipinski definition) is 8. The summed E-state index contributed by atoms with van der Waals surface area (Å²) in [7, 11) is 3.24. The number of hydrogen-bond donors (Lipinski definition) is 0. The molecule has 2 aromatic heterocycles. The number of aromatic nitrogens is 4. The number of methoxy groups -OCH3 is 2. The van der Waals surface area contributed by atoms with E-state index in [1.54, 1.807) is 20.4 Å². The lowest BCUT2D eigenvalue weighted by Crippen LogP contribution is -2.36. The predicted molar refractivity (Wildman–Crippen MR) is 128 cm³/mol. The zero-order chi connectivity index (χ0) is 23.6. The molecule has 0 aliphatic carbocycles. The van der Waals surface area contributed by atoms with Crippen LogP contribution in [-0.2, 0) is 9.47 Å². The van der Waals surface area contributed by atoms with Gasteiger partial charge in [0.05, 0.1) is 50.5 Å². The van der Waals surface area contributed by atoms with E-state index in [2.05, 4.69) is 26.8 Å². The minimum absolute atomic E-state index is 0.437. The largest absolute Gasteiger partial charge is 0.493 e. The van der Waals surface area contributed by atoms with E-state index in [0.717, 1.165) is 60.7 Å². The van der Waals surface area contributed by atoms with Crippen LogP contribution in [0.3, 0.4) is 0 Å². The van der Waals surface area contributed by atoms with Crippen LogP contribution in [0.5, 0.6) is 11.5 Å². The fourth-order valence-electron chi connectivity index (χ4n) is 3.43. The highest BCUT2D eigenvalue weighted by atomic mass is 16.5. The summed E-state index contributed by atoms with van der Waals surface area (Å²) in [6, 6.07) is 3.73. The van der Waals surface area contributed by atoms with Crippen molar-refractivity contribution in [1.29, 1.82) is 0 Å². The van der Waals surface area contributed by atoms with Crippen molar-refractivity contribution < 1.29 is 18.9 Å². The number of ether oxygens (including phenoxy) is 4. The number of aryl methyl sites for hydroxylation is 1. The van der Waals surface area contributed by atoms with Gasteiger partial charge < -0.3 is 18.9 Å². The molecule has 33 heavy (non-hydrogen) atoms. The number of nitrogens with zero attached hydrogens (tertiary/aromatic N) is 5. The van der Waals surface area contributed by atoms with Gasteiger partial charge in [0.1, 0.15) is 6.61 Å². The van der Waals surface area contributed by atoms with Crippen molar-refractivity contribution in [3.8, 4) is 17.2 Å². The number of benzene rings is 1. The number of rotatable bonds is 8. The molecule has 3 heterocycles. The first kappa shape index (κ1) is 24.6. The Bertz CT molecular complexity index is 1050. The molecule has 0 amide bonds. The third-order valence-corrected chi connectivity index (χ3v) is 5.42. The molecular formula is C24H33N5O4. The molecule has 0 unspecified atom stereocenters. The van der Waals surface area contributed by atoms with Crippen LogP contribution in [0.25, 0.3) is 16.6 Å². The number of morpholine rings is 1. The highest BCUT2D eigenvalue weighted by Gasteiger charge is 2.14. The molecule has 4 rings (SSSR count). The molecule has 178 valence electrons. The van der Waals surface area contributed by atoms with E-state index in [4.69, 9.17) is 18.9 Å². The van der Waals surface area contributed by atoms with Crippen molar-refractivity contribution in [3.05, 3.63) is 48.4 Å². The molecular weight excluding hydrogens is 422 g/mol. The maximum absolute atomic E-state index is 5.78. The standard InChI is InChI=1S/C17H20N4O3.C7H13NO/c1-11-9-19-21(12(11)2)15-10-18-20-14-8-16(23-4)17(7-13(14)15)24-6-5-22-3;1-2-3-8-4-6-9-7-5-8/h7-10H,5-6H2,1-4H3;2H,1,3-7H2. The predicted octanol–water partition coefficient (Wildman–Crippen LogP) is 2.97. The molecule has 1 aliphatic heterocycles. The zero-order valence-corrected chi connectivity index (χ0v) is 19.9. The van der Waals surface area contributed by atoms with E-state index < -0.39 is 0 Å².